The highest BCUT2D eigenvalue weighted by Gasteiger charge is 2.21. The van der Waals surface area contributed by atoms with Crippen molar-refractivity contribution in [2.75, 3.05) is 13.1 Å². The maximum atomic E-state index is 11.9. The normalized spacial score (nSPS) is 17.7. The van der Waals surface area contributed by atoms with E-state index in [1.807, 2.05) is 25.1 Å². The average molecular weight is 309 g/mol. The van der Waals surface area contributed by atoms with Gasteiger partial charge in [-0.3, -0.25) is 4.79 Å². The summed E-state index contributed by atoms with van der Waals surface area (Å²) in [7, 11) is 0. The van der Waals surface area contributed by atoms with Crippen LogP contribution in [0.4, 0.5) is 0 Å². The second-order valence-electron chi connectivity index (χ2n) is 5.24. The number of aromatic nitrogens is 2. The van der Waals surface area contributed by atoms with E-state index in [9.17, 15) is 4.79 Å². The van der Waals surface area contributed by atoms with Gasteiger partial charge in [-0.05, 0) is 38.4 Å². The summed E-state index contributed by atoms with van der Waals surface area (Å²) in [5.74, 6) is 1.10. The Morgan fingerprint density at radius 2 is 2.29 bits per heavy atom. The van der Waals surface area contributed by atoms with Crippen molar-refractivity contribution < 1.29 is 4.79 Å². The Balaban J connectivity index is 0.00000161. The van der Waals surface area contributed by atoms with Crippen LogP contribution in [-0.2, 0) is 11.3 Å². The molecule has 1 aromatic carbocycles. The number of fused-ring (bicyclic) bond motifs is 1. The lowest BCUT2D eigenvalue weighted by atomic mass is 10.2. The Bertz CT molecular complexity index is 619. The van der Waals surface area contributed by atoms with Crippen molar-refractivity contribution in [3.63, 3.8) is 0 Å². The standard InChI is InChI=1S/C15H20N4O.ClH/c1-11-18-12-5-2-3-7-14(12)19(11)10-9-17-15(20)13-6-4-8-16-13;/h2-3,5,7,13,16H,4,6,8-10H2,1H3,(H,17,20);1H. The zero-order valence-electron chi connectivity index (χ0n) is 12.1. The molecule has 2 aromatic rings. The number of aryl methyl sites for hydroxylation is 1. The number of amides is 1. The van der Waals surface area contributed by atoms with Gasteiger partial charge >= 0.3 is 0 Å². The fourth-order valence-electron chi connectivity index (χ4n) is 2.80. The lowest BCUT2D eigenvalue weighted by molar-refractivity contribution is -0.122. The van der Waals surface area contributed by atoms with Crippen molar-refractivity contribution in [2.45, 2.75) is 32.4 Å². The van der Waals surface area contributed by atoms with Crippen LogP contribution in [0.1, 0.15) is 18.7 Å². The molecule has 1 aromatic heterocycles. The molecule has 21 heavy (non-hydrogen) atoms. The first-order valence-corrected chi connectivity index (χ1v) is 7.18. The first-order valence-electron chi connectivity index (χ1n) is 7.18. The number of carbonyl (C=O) groups excluding carboxylic acids is 1. The predicted octanol–water partition coefficient (Wildman–Crippen LogP) is 1.63. The molecular weight excluding hydrogens is 288 g/mol. The van der Waals surface area contributed by atoms with Gasteiger partial charge in [0.25, 0.3) is 0 Å². The van der Waals surface area contributed by atoms with E-state index in [1.165, 1.54) is 0 Å². The lowest BCUT2D eigenvalue weighted by Gasteiger charge is -2.12. The molecule has 1 saturated heterocycles. The summed E-state index contributed by atoms with van der Waals surface area (Å²) < 4.78 is 2.15. The second-order valence-corrected chi connectivity index (χ2v) is 5.24. The molecular formula is C15H21ClN4O. The highest BCUT2D eigenvalue weighted by molar-refractivity contribution is 5.85. The van der Waals surface area contributed by atoms with Crippen LogP contribution < -0.4 is 10.6 Å². The first-order chi connectivity index (χ1) is 9.75. The second kappa shape index (κ2) is 6.91. The summed E-state index contributed by atoms with van der Waals surface area (Å²) in [6.45, 7) is 4.34. The molecule has 3 rings (SSSR count). The van der Waals surface area contributed by atoms with Crippen LogP contribution >= 0.6 is 12.4 Å². The molecule has 6 heteroatoms. The van der Waals surface area contributed by atoms with Gasteiger partial charge in [0.2, 0.25) is 5.91 Å². The molecule has 2 N–H and O–H groups in total. The minimum absolute atomic E-state index is 0. The molecule has 5 nitrogen and oxygen atoms in total. The van der Waals surface area contributed by atoms with Gasteiger partial charge in [0, 0.05) is 13.1 Å². The SMILES string of the molecule is Cc1nc2ccccc2n1CCNC(=O)C1CCCN1.Cl. The number of hydrogen-bond acceptors (Lipinski definition) is 3. The topological polar surface area (TPSA) is 59.0 Å². The van der Waals surface area contributed by atoms with Crippen molar-refractivity contribution in [3.8, 4) is 0 Å². The molecule has 0 spiro atoms. The molecule has 1 unspecified atom stereocenters. The molecule has 1 atom stereocenters. The average Bonchev–Trinajstić information content (AvgIpc) is 3.07. The summed E-state index contributed by atoms with van der Waals surface area (Å²) in [5, 5.41) is 6.21. The fourth-order valence-corrected chi connectivity index (χ4v) is 2.80. The predicted molar refractivity (Wildman–Crippen MR) is 85.8 cm³/mol. The van der Waals surface area contributed by atoms with Crippen LogP contribution in [0.15, 0.2) is 24.3 Å². The number of para-hydroxylation sites is 2. The Morgan fingerprint density at radius 3 is 3.05 bits per heavy atom. The van der Waals surface area contributed by atoms with Crippen molar-refractivity contribution in [2.24, 2.45) is 0 Å². The van der Waals surface area contributed by atoms with Crippen molar-refractivity contribution >= 4 is 29.3 Å². The number of nitrogens with one attached hydrogen (secondary N) is 2. The van der Waals surface area contributed by atoms with E-state index in [-0.39, 0.29) is 24.4 Å². The molecule has 0 aliphatic carbocycles. The highest BCUT2D eigenvalue weighted by Crippen LogP contribution is 2.14. The largest absolute Gasteiger partial charge is 0.353 e. The van der Waals surface area contributed by atoms with E-state index < -0.39 is 0 Å². The quantitative estimate of drug-likeness (QED) is 0.902. The van der Waals surface area contributed by atoms with Gasteiger partial charge in [-0.15, -0.1) is 12.4 Å². The molecule has 1 amide bonds. The van der Waals surface area contributed by atoms with Gasteiger partial charge in [0.05, 0.1) is 17.1 Å². The third-order valence-electron chi connectivity index (χ3n) is 3.86. The third kappa shape index (κ3) is 3.36. The van der Waals surface area contributed by atoms with E-state index in [2.05, 4.69) is 26.3 Å². The van der Waals surface area contributed by atoms with Crippen LogP contribution in [-0.4, -0.2) is 34.6 Å². The summed E-state index contributed by atoms with van der Waals surface area (Å²) >= 11 is 0. The lowest BCUT2D eigenvalue weighted by Crippen LogP contribution is -2.41. The van der Waals surface area contributed by atoms with E-state index >= 15 is 0 Å². The molecule has 0 saturated carbocycles. The number of nitrogens with zero attached hydrogens (tertiary/aromatic N) is 2. The maximum Gasteiger partial charge on any atom is 0.237 e. The molecule has 114 valence electrons. The number of halogens is 1. The van der Waals surface area contributed by atoms with Gasteiger partial charge in [-0.25, -0.2) is 4.98 Å². The van der Waals surface area contributed by atoms with Crippen LogP contribution in [0.2, 0.25) is 0 Å². The monoisotopic (exact) mass is 308 g/mol. The molecule has 0 bridgehead atoms. The minimum atomic E-state index is -0.00405. The first kappa shape index (κ1) is 15.8. The Morgan fingerprint density at radius 1 is 1.48 bits per heavy atom. The third-order valence-corrected chi connectivity index (χ3v) is 3.86. The summed E-state index contributed by atoms with van der Waals surface area (Å²) in [5.41, 5.74) is 2.13. The van der Waals surface area contributed by atoms with Gasteiger partial charge in [-0.1, -0.05) is 12.1 Å². The molecule has 1 aliphatic heterocycles. The van der Waals surface area contributed by atoms with Crippen LogP contribution in [0.5, 0.6) is 0 Å². The van der Waals surface area contributed by atoms with Crippen LogP contribution in [0, 0.1) is 6.92 Å². The van der Waals surface area contributed by atoms with Gasteiger partial charge < -0.3 is 15.2 Å². The molecule has 0 radical (unpaired) electrons. The smallest absolute Gasteiger partial charge is 0.237 e. The zero-order chi connectivity index (χ0) is 13.9. The van der Waals surface area contributed by atoms with Gasteiger partial charge in [0.15, 0.2) is 0 Å². The Kier molecular flexibility index (Phi) is 5.20. The molecule has 1 aliphatic rings. The van der Waals surface area contributed by atoms with Crippen LogP contribution in [0.25, 0.3) is 11.0 Å². The molecule has 1 fully saturated rings. The van der Waals surface area contributed by atoms with E-state index in [4.69, 9.17) is 0 Å². The highest BCUT2D eigenvalue weighted by atomic mass is 35.5. The van der Waals surface area contributed by atoms with E-state index in [0.717, 1.165) is 42.8 Å². The van der Waals surface area contributed by atoms with Crippen molar-refractivity contribution in [1.82, 2.24) is 20.2 Å². The van der Waals surface area contributed by atoms with Gasteiger partial charge in [0.1, 0.15) is 5.82 Å². The van der Waals surface area contributed by atoms with Crippen LogP contribution in [0.3, 0.4) is 0 Å². The summed E-state index contributed by atoms with van der Waals surface area (Å²) in [4.78, 5) is 16.5. The number of benzene rings is 1. The number of carbonyl (C=O) groups is 1. The van der Waals surface area contributed by atoms with Crippen molar-refractivity contribution in [3.05, 3.63) is 30.1 Å². The van der Waals surface area contributed by atoms with Gasteiger partial charge in [-0.2, -0.15) is 0 Å². The summed E-state index contributed by atoms with van der Waals surface area (Å²) in [6.07, 6.45) is 2.03. The van der Waals surface area contributed by atoms with E-state index in [1.54, 1.807) is 0 Å². The summed E-state index contributed by atoms with van der Waals surface area (Å²) in [6, 6.07) is 8.08. The zero-order valence-corrected chi connectivity index (χ0v) is 12.9. The Labute approximate surface area is 130 Å². The van der Waals surface area contributed by atoms with E-state index in [0.29, 0.717) is 6.54 Å². The Hall–Kier alpha value is -1.59. The number of imidazole rings is 1. The molecule has 2 heterocycles. The fraction of sp³-hybridized carbons (Fsp3) is 0.467. The number of rotatable bonds is 4. The van der Waals surface area contributed by atoms with Crippen molar-refractivity contribution in [1.29, 1.82) is 0 Å². The maximum absolute atomic E-state index is 11.9. The minimum Gasteiger partial charge on any atom is -0.353 e. The number of hydrogen-bond donors (Lipinski definition) is 2.